The molecule has 0 spiro atoms. The molecule has 1 aliphatic rings. The van der Waals surface area contributed by atoms with Crippen molar-refractivity contribution in [3.63, 3.8) is 0 Å². The topological polar surface area (TPSA) is 32.3 Å². The van der Waals surface area contributed by atoms with E-state index in [1.807, 2.05) is 30.0 Å². The molecule has 3 heteroatoms. The van der Waals surface area contributed by atoms with Crippen LogP contribution in [0.25, 0.3) is 0 Å². The first-order valence-corrected chi connectivity index (χ1v) is 7.25. The second kappa shape index (κ2) is 6.09. The lowest BCUT2D eigenvalue weighted by Crippen LogP contribution is -2.37. The van der Waals surface area contributed by atoms with Crippen molar-refractivity contribution in [3.8, 4) is 0 Å². The average Bonchev–Trinajstić information content (AvgIpc) is 2.41. The number of amides is 1. The van der Waals surface area contributed by atoms with Gasteiger partial charge < -0.3 is 10.2 Å². The predicted molar refractivity (Wildman–Crippen MR) is 79.6 cm³/mol. The minimum Gasteiger partial charge on any atom is -0.385 e. The van der Waals surface area contributed by atoms with E-state index < -0.39 is 0 Å². The molecule has 1 saturated heterocycles. The number of rotatable bonds is 3. The fourth-order valence-corrected chi connectivity index (χ4v) is 2.58. The van der Waals surface area contributed by atoms with E-state index in [-0.39, 0.29) is 5.91 Å². The molecule has 0 saturated carbocycles. The first kappa shape index (κ1) is 13.9. The molecule has 1 aromatic carbocycles. The van der Waals surface area contributed by atoms with Crippen molar-refractivity contribution in [2.75, 3.05) is 25.0 Å². The molecule has 1 N–H and O–H groups in total. The van der Waals surface area contributed by atoms with Crippen molar-refractivity contribution in [1.82, 2.24) is 4.90 Å². The van der Waals surface area contributed by atoms with Crippen LogP contribution >= 0.6 is 0 Å². The fourth-order valence-electron chi connectivity index (χ4n) is 2.58. The number of anilines is 1. The third kappa shape index (κ3) is 3.28. The van der Waals surface area contributed by atoms with Crippen LogP contribution < -0.4 is 5.32 Å². The highest BCUT2D eigenvalue weighted by molar-refractivity contribution is 5.95. The van der Waals surface area contributed by atoms with Gasteiger partial charge in [-0.1, -0.05) is 6.92 Å². The lowest BCUT2D eigenvalue weighted by atomic mass is 9.98. The lowest BCUT2D eigenvalue weighted by Gasteiger charge is -2.30. The van der Waals surface area contributed by atoms with Crippen LogP contribution in [-0.2, 0) is 0 Å². The summed E-state index contributed by atoms with van der Waals surface area (Å²) in [5.41, 5.74) is 3.07. The number of hydrogen-bond acceptors (Lipinski definition) is 2. The Morgan fingerprint density at radius 3 is 2.63 bits per heavy atom. The minimum atomic E-state index is 0.179. The molecule has 1 fully saturated rings. The standard InChI is InChI=1S/C16H24N2O/c1-4-17-15-6-5-14(11-13(15)3)16(19)18-9-7-12(2)8-10-18/h5-6,11-12,17H,4,7-10H2,1-3H3. The minimum absolute atomic E-state index is 0.179. The Kier molecular flexibility index (Phi) is 4.46. The molecule has 0 bridgehead atoms. The van der Waals surface area contributed by atoms with Crippen LogP contribution in [0.4, 0.5) is 5.69 Å². The zero-order valence-corrected chi connectivity index (χ0v) is 12.2. The molecule has 3 nitrogen and oxygen atoms in total. The molecule has 1 aromatic rings. The van der Waals surface area contributed by atoms with Crippen LogP contribution in [0.1, 0.15) is 42.6 Å². The van der Waals surface area contributed by atoms with Crippen LogP contribution in [0.2, 0.25) is 0 Å². The van der Waals surface area contributed by atoms with Gasteiger partial charge in [-0.3, -0.25) is 4.79 Å². The molecular formula is C16H24N2O. The van der Waals surface area contributed by atoms with E-state index in [4.69, 9.17) is 0 Å². The molecule has 2 rings (SSSR count). The van der Waals surface area contributed by atoms with Crippen molar-refractivity contribution in [1.29, 1.82) is 0 Å². The summed E-state index contributed by atoms with van der Waals surface area (Å²) in [5.74, 6) is 0.931. The summed E-state index contributed by atoms with van der Waals surface area (Å²) in [6.07, 6.45) is 2.25. The third-order valence-electron chi connectivity index (χ3n) is 3.91. The van der Waals surface area contributed by atoms with Gasteiger partial charge in [0.1, 0.15) is 0 Å². The third-order valence-corrected chi connectivity index (χ3v) is 3.91. The smallest absolute Gasteiger partial charge is 0.253 e. The van der Waals surface area contributed by atoms with Crippen LogP contribution in [-0.4, -0.2) is 30.4 Å². The maximum Gasteiger partial charge on any atom is 0.253 e. The van der Waals surface area contributed by atoms with Crippen LogP contribution in [0.3, 0.4) is 0 Å². The average molecular weight is 260 g/mol. The molecule has 1 aliphatic heterocycles. The molecule has 0 radical (unpaired) electrons. The van der Waals surface area contributed by atoms with Gasteiger partial charge in [0.05, 0.1) is 0 Å². The monoisotopic (exact) mass is 260 g/mol. The highest BCUT2D eigenvalue weighted by Gasteiger charge is 2.21. The van der Waals surface area contributed by atoms with Crippen molar-refractivity contribution in [2.45, 2.75) is 33.6 Å². The zero-order chi connectivity index (χ0) is 13.8. The van der Waals surface area contributed by atoms with Gasteiger partial charge in [0, 0.05) is 30.9 Å². The fraction of sp³-hybridized carbons (Fsp3) is 0.562. The van der Waals surface area contributed by atoms with Gasteiger partial charge in [0.25, 0.3) is 5.91 Å². The number of hydrogen-bond donors (Lipinski definition) is 1. The van der Waals surface area contributed by atoms with Crippen molar-refractivity contribution < 1.29 is 4.79 Å². The van der Waals surface area contributed by atoms with E-state index in [1.165, 1.54) is 0 Å². The number of carbonyl (C=O) groups excluding carboxylic acids is 1. The van der Waals surface area contributed by atoms with E-state index in [9.17, 15) is 4.79 Å². The zero-order valence-electron chi connectivity index (χ0n) is 12.2. The summed E-state index contributed by atoms with van der Waals surface area (Å²) in [6.45, 7) is 9.08. The molecular weight excluding hydrogens is 236 g/mol. The normalized spacial score (nSPS) is 16.5. The Bertz CT molecular complexity index is 448. The summed E-state index contributed by atoms with van der Waals surface area (Å²) >= 11 is 0. The Hall–Kier alpha value is -1.51. The van der Waals surface area contributed by atoms with Gasteiger partial charge >= 0.3 is 0 Å². The number of piperidine rings is 1. The van der Waals surface area contributed by atoms with Gasteiger partial charge in [-0.15, -0.1) is 0 Å². The molecule has 1 heterocycles. The van der Waals surface area contributed by atoms with E-state index in [0.717, 1.165) is 55.2 Å². The summed E-state index contributed by atoms with van der Waals surface area (Å²) in [5, 5.41) is 3.30. The van der Waals surface area contributed by atoms with Gasteiger partial charge in [-0.2, -0.15) is 0 Å². The quantitative estimate of drug-likeness (QED) is 0.904. The van der Waals surface area contributed by atoms with Crippen molar-refractivity contribution >= 4 is 11.6 Å². The van der Waals surface area contributed by atoms with Gasteiger partial charge in [-0.05, 0) is 56.4 Å². The number of nitrogens with one attached hydrogen (secondary N) is 1. The molecule has 0 aliphatic carbocycles. The molecule has 0 aromatic heterocycles. The summed E-state index contributed by atoms with van der Waals surface area (Å²) < 4.78 is 0. The van der Waals surface area contributed by atoms with E-state index in [2.05, 4.69) is 19.2 Å². The summed E-state index contributed by atoms with van der Waals surface area (Å²) in [6, 6.07) is 5.95. The number of nitrogens with zero attached hydrogens (tertiary/aromatic N) is 1. The maximum absolute atomic E-state index is 12.4. The first-order valence-electron chi connectivity index (χ1n) is 7.25. The van der Waals surface area contributed by atoms with Crippen LogP contribution in [0, 0.1) is 12.8 Å². The second-order valence-electron chi connectivity index (χ2n) is 5.53. The van der Waals surface area contributed by atoms with Crippen molar-refractivity contribution in [3.05, 3.63) is 29.3 Å². The molecule has 0 unspecified atom stereocenters. The van der Waals surface area contributed by atoms with Crippen molar-refractivity contribution in [2.24, 2.45) is 5.92 Å². The highest BCUT2D eigenvalue weighted by Crippen LogP contribution is 2.21. The molecule has 19 heavy (non-hydrogen) atoms. The Morgan fingerprint density at radius 2 is 2.05 bits per heavy atom. The van der Waals surface area contributed by atoms with Crippen LogP contribution in [0.15, 0.2) is 18.2 Å². The molecule has 1 amide bonds. The largest absolute Gasteiger partial charge is 0.385 e. The Balaban J connectivity index is 2.09. The number of carbonyl (C=O) groups is 1. The Morgan fingerprint density at radius 1 is 1.37 bits per heavy atom. The van der Waals surface area contributed by atoms with Gasteiger partial charge in [0.15, 0.2) is 0 Å². The number of benzene rings is 1. The van der Waals surface area contributed by atoms with E-state index in [1.54, 1.807) is 0 Å². The first-order chi connectivity index (χ1) is 9.11. The van der Waals surface area contributed by atoms with E-state index >= 15 is 0 Å². The SMILES string of the molecule is CCNc1ccc(C(=O)N2CCC(C)CC2)cc1C. The number of likely N-dealkylation sites (tertiary alicyclic amines) is 1. The molecule has 0 atom stereocenters. The van der Waals surface area contributed by atoms with Gasteiger partial charge in [0.2, 0.25) is 0 Å². The highest BCUT2D eigenvalue weighted by atomic mass is 16.2. The Labute approximate surface area is 116 Å². The van der Waals surface area contributed by atoms with E-state index in [0.29, 0.717) is 0 Å². The van der Waals surface area contributed by atoms with Gasteiger partial charge in [-0.25, -0.2) is 0 Å². The number of aryl methyl sites for hydroxylation is 1. The molecule has 104 valence electrons. The summed E-state index contributed by atoms with van der Waals surface area (Å²) in [4.78, 5) is 14.4. The van der Waals surface area contributed by atoms with Crippen LogP contribution in [0.5, 0.6) is 0 Å². The second-order valence-corrected chi connectivity index (χ2v) is 5.53. The lowest BCUT2D eigenvalue weighted by molar-refractivity contribution is 0.0697. The predicted octanol–water partition coefficient (Wildman–Crippen LogP) is 3.30. The summed E-state index contributed by atoms with van der Waals surface area (Å²) in [7, 11) is 0. The maximum atomic E-state index is 12.4.